The maximum Gasteiger partial charge on any atom is 0.265 e. The summed E-state index contributed by atoms with van der Waals surface area (Å²) in [4.78, 5) is 31.6. The quantitative estimate of drug-likeness (QED) is 0.923. The first-order valence-electron chi connectivity index (χ1n) is 8.07. The number of amides is 2. The van der Waals surface area contributed by atoms with E-state index in [1.165, 1.54) is 12.8 Å². The number of likely N-dealkylation sites (tertiary alicyclic amines) is 1. The Balaban J connectivity index is 1.47. The van der Waals surface area contributed by atoms with Gasteiger partial charge in [-0.15, -0.1) is 11.3 Å². The zero-order valence-electron chi connectivity index (χ0n) is 12.9. The first kappa shape index (κ1) is 14.2. The van der Waals surface area contributed by atoms with Crippen molar-refractivity contribution in [3.05, 3.63) is 15.6 Å². The summed E-state index contributed by atoms with van der Waals surface area (Å²) in [5.74, 6) is 1.02. The van der Waals surface area contributed by atoms with Gasteiger partial charge >= 0.3 is 0 Å². The third kappa shape index (κ3) is 2.53. The molecule has 2 amide bonds. The van der Waals surface area contributed by atoms with Gasteiger partial charge in [0.2, 0.25) is 5.91 Å². The molecule has 0 bridgehead atoms. The minimum Gasteiger partial charge on any atom is -0.355 e. The van der Waals surface area contributed by atoms with Crippen LogP contribution in [-0.2, 0) is 11.2 Å². The first-order chi connectivity index (χ1) is 10.5. The van der Waals surface area contributed by atoms with E-state index in [1.54, 1.807) is 11.3 Å². The van der Waals surface area contributed by atoms with Gasteiger partial charge in [0.25, 0.3) is 5.91 Å². The van der Waals surface area contributed by atoms with Gasteiger partial charge in [-0.05, 0) is 32.1 Å². The predicted octanol–water partition coefficient (Wildman–Crippen LogP) is 1.76. The van der Waals surface area contributed by atoms with Crippen molar-refractivity contribution < 1.29 is 9.59 Å². The molecular formula is C16H21N3O2S. The lowest BCUT2D eigenvalue weighted by molar-refractivity contribution is -0.119. The second-order valence-corrected chi connectivity index (χ2v) is 8.18. The van der Waals surface area contributed by atoms with Crippen LogP contribution in [0.4, 0.5) is 0 Å². The largest absolute Gasteiger partial charge is 0.355 e. The molecule has 6 heteroatoms. The van der Waals surface area contributed by atoms with Gasteiger partial charge in [0.05, 0.1) is 10.7 Å². The highest BCUT2D eigenvalue weighted by Crippen LogP contribution is 2.38. The molecule has 1 N–H and O–H groups in total. The van der Waals surface area contributed by atoms with Crippen LogP contribution in [0, 0.1) is 18.3 Å². The van der Waals surface area contributed by atoms with Gasteiger partial charge in [0, 0.05) is 37.9 Å². The number of carbonyl (C=O) groups excluding carboxylic acids is 2. The van der Waals surface area contributed by atoms with E-state index in [-0.39, 0.29) is 17.2 Å². The van der Waals surface area contributed by atoms with Crippen LogP contribution in [0.5, 0.6) is 0 Å². The Kier molecular flexibility index (Phi) is 3.25. The van der Waals surface area contributed by atoms with Gasteiger partial charge in [-0.2, -0.15) is 0 Å². The van der Waals surface area contributed by atoms with Crippen molar-refractivity contribution >= 4 is 23.2 Å². The van der Waals surface area contributed by atoms with E-state index in [0.29, 0.717) is 19.5 Å². The molecule has 118 valence electrons. The van der Waals surface area contributed by atoms with Crippen LogP contribution in [0.2, 0.25) is 0 Å². The number of nitrogens with one attached hydrogen (secondary N) is 1. The van der Waals surface area contributed by atoms with Gasteiger partial charge in [-0.3, -0.25) is 9.59 Å². The van der Waals surface area contributed by atoms with Crippen molar-refractivity contribution in [2.75, 3.05) is 19.6 Å². The van der Waals surface area contributed by atoms with Crippen molar-refractivity contribution in [1.29, 1.82) is 0 Å². The lowest BCUT2D eigenvalue weighted by atomic mass is 9.86. The molecule has 3 fully saturated rings. The van der Waals surface area contributed by atoms with Crippen molar-refractivity contribution in [3.8, 4) is 0 Å². The van der Waals surface area contributed by atoms with Gasteiger partial charge in [-0.25, -0.2) is 4.98 Å². The van der Waals surface area contributed by atoms with Crippen molar-refractivity contribution in [2.45, 2.75) is 39.0 Å². The molecule has 1 aliphatic carbocycles. The summed E-state index contributed by atoms with van der Waals surface area (Å²) in [6.07, 6.45) is 5.12. The van der Waals surface area contributed by atoms with E-state index in [2.05, 4.69) is 10.3 Å². The second kappa shape index (κ2) is 5.05. The summed E-state index contributed by atoms with van der Waals surface area (Å²) in [5, 5.41) is 4.02. The molecule has 0 aromatic carbocycles. The summed E-state index contributed by atoms with van der Waals surface area (Å²) < 4.78 is 0. The van der Waals surface area contributed by atoms with Crippen LogP contribution in [0.15, 0.2) is 0 Å². The van der Waals surface area contributed by atoms with Crippen LogP contribution in [-0.4, -0.2) is 41.3 Å². The van der Waals surface area contributed by atoms with Gasteiger partial charge < -0.3 is 10.2 Å². The molecule has 22 heavy (non-hydrogen) atoms. The lowest BCUT2D eigenvalue weighted by Gasteiger charge is -2.21. The van der Waals surface area contributed by atoms with Crippen LogP contribution < -0.4 is 5.32 Å². The van der Waals surface area contributed by atoms with E-state index in [4.69, 9.17) is 0 Å². The molecule has 4 rings (SSSR count). The Labute approximate surface area is 134 Å². The Bertz CT molecular complexity index is 637. The predicted molar refractivity (Wildman–Crippen MR) is 83.9 cm³/mol. The topological polar surface area (TPSA) is 62.3 Å². The minimum absolute atomic E-state index is 0.0256. The molecule has 2 saturated heterocycles. The number of nitrogens with zero attached hydrogens (tertiary/aromatic N) is 2. The van der Waals surface area contributed by atoms with E-state index in [1.807, 2.05) is 11.8 Å². The minimum atomic E-state index is -0.0256. The zero-order valence-corrected chi connectivity index (χ0v) is 13.7. The molecule has 1 atom stereocenters. The molecule has 2 aliphatic heterocycles. The second-order valence-electron chi connectivity index (χ2n) is 7.10. The number of aromatic nitrogens is 1. The maximum atomic E-state index is 12.8. The number of aryl methyl sites for hydroxylation is 1. The average Bonchev–Trinajstić information content (AvgIpc) is 2.92. The smallest absolute Gasteiger partial charge is 0.265 e. The standard InChI is InChI=1S/C16H21N3O2S/c1-10-14(22-13(18-10)6-11-2-3-11)15(21)19-5-4-16(9-19)7-12(20)17-8-16/h11H,2-9H2,1H3,(H,17,20). The van der Waals surface area contributed by atoms with Gasteiger partial charge in [0.1, 0.15) is 4.88 Å². The first-order valence-corrected chi connectivity index (χ1v) is 8.89. The molecule has 5 nitrogen and oxygen atoms in total. The van der Waals surface area contributed by atoms with E-state index >= 15 is 0 Å². The fourth-order valence-electron chi connectivity index (χ4n) is 3.60. The van der Waals surface area contributed by atoms with Crippen molar-refractivity contribution in [3.63, 3.8) is 0 Å². The Hall–Kier alpha value is -1.43. The fourth-order valence-corrected chi connectivity index (χ4v) is 4.75. The molecule has 1 saturated carbocycles. The Morgan fingerprint density at radius 2 is 2.32 bits per heavy atom. The molecule has 3 aliphatic rings. The normalized spacial score (nSPS) is 27.7. The third-order valence-electron chi connectivity index (χ3n) is 5.12. The molecule has 1 aromatic rings. The monoisotopic (exact) mass is 319 g/mol. The third-order valence-corrected chi connectivity index (χ3v) is 6.28. The summed E-state index contributed by atoms with van der Waals surface area (Å²) in [6, 6.07) is 0. The number of thiazole rings is 1. The maximum absolute atomic E-state index is 12.8. The van der Waals surface area contributed by atoms with E-state index in [0.717, 1.165) is 40.9 Å². The van der Waals surface area contributed by atoms with Crippen molar-refractivity contribution in [1.82, 2.24) is 15.2 Å². The fraction of sp³-hybridized carbons (Fsp3) is 0.688. The molecular weight excluding hydrogens is 298 g/mol. The molecule has 1 aromatic heterocycles. The summed E-state index contributed by atoms with van der Waals surface area (Å²) in [6.45, 7) is 4.10. The SMILES string of the molecule is Cc1nc(CC2CC2)sc1C(=O)N1CCC2(CNC(=O)C2)C1. The Morgan fingerprint density at radius 3 is 3.00 bits per heavy atom. The van der Waals surface area contributed by atoms with E-state index in [9.17, 15) is 9.59 Å². The van der Waals surface area contributed by atoms with Crippen LogP contribution in [0.1, 0.15) is 46.1 Å². The number of rotatable bonds is 3. The Morgan fingerprint density at radius 1 is 1.50 bits per heavy atom. The molecule has 1 spiro atoms. The molecule has 1 unspecified atom stereocenters. The van der Waals surface area contributed by atoms with Gasteiger partial charge in [-0.1, -0.05) is 0 Å². The van der Waals surface area contributed by atoms with Crippen LogP contribution >= 0.6 is 11.3 Å². The number of hydrogen-bond donors (Lipinski definition) is 1. The summed E-state index contributed by atoms with van der Waals surface area (Å²) in [7, 11) is 0. The highest BCUT2D eigenvalue weighted by Gasteiger charge is 2.45. The average molecular weight is 319 g/mol. The van der Waals surface area contributed by atoms with E-state index < -0.39 is 0 Å². The van der Waals surface area contributed by atoms with Crippen LogP contribution in [0.3, 0.4) is 0 Å². The summed E-state index contributed by atoms with van der Waals surface area (Å²) in [5.41, 5.74) is 0.842. The van der Waals surface area contributed by atoms with Gasteiger partial charge in [0.15, 0.2) is 0 Å². The number of carbonyl (C=O) groups is 2. The molecule has 0 radical (unpaired) electrons. The summed E-state index contributed by atoms with van der Waals surface area (Å²) >= 11 is 1.57. The lowest BCUT2D eigenvalue weighted by Crippen LogP contribution is -2.33. The molecule has 3 heterocycles. The zero-order chi connectivity index (χ0) is 15.3. The van der Waals surface area contributed by atoms with Crippen LogP contribution in [0.25, 0.3) is 0 Å². The number of hydrogen-bond acceptors (Lipinski definition) is 4. The highest BCUT2D eigenvalue weighted by molar-refractivity contribution is 7.13. The van der Waals surface area contributed by atoms with Crippen molar-refractivity contribution in [2.24, 2.45) is 11.3 Å². The highest BCUT2D eigenvalue weighted by atomic mass is 32.1.